The Labute approximate surface area is 205 Å². The highest BCUT2D eigenvalue weighted by atomic mass is 32.1. The summed E-state index contributed by atoms with van der Waals surface area (Å²) in [6, 6.07) is 3.32. The van der Waals surface area contributed by atoms with E-state index < -0.39 is 17.5 Å². The Morgan fingerprint density at radius 2 is 2.06 bits per heavy atom. The minimum absolute atomic E-state index is 0.00685. The molecule has 1 amide bonds. The number of halogens is 2. The number of benzene rings is 1. The van der Waals surface area contributed by atoms with Gasteiger partial charge in [-0.05, 0) is 43.4 Å². The van der Waals surface area contributed by atoms with E-state index in [0.29, 0.717) is 18.8 Å². The highest BCUT2D eigenvalue weighted by Crippen LogP contribution is 2.39. The monoisotopic (exact) mass is 500 g/mol. The summed E-state index contributed by atoms with van der Waals surface area (Å²) in [5.74, 6) is -2.11. The quantitative estimate of drug-likeness (QED) is 0.424. The second kappa shape index (κ2) is 9.48. The number of nitrogens with one attached hydrogen (secondary N) is 1. The summed E-state index contributed by atoms with van der Waals surface area (Å²) in [5.41, 5.74) is 15.4. The summed E-state index contributed by atoms with van der Waals surface area (Å²) in [7, 11) is 0. The molecule has 8 nitrogen and oxygen atoms in total. The number of carbonyl (C=O) groups is 1. The minimum Gasteiger partial charge on any atom is -0.396 e. The summed E-state index contributed by atoms with van der Waals surface area (Å²) >= 11 is 0.850. The predicted octanol–water partition coefficient (Wildman–Crippen LogP) is 2.95. The van der Waals surface area contributed by atoms with Gasteiger partial charge in [-0.15, -0.1) is 0 Å². The molecule has 1 aliphatic heterocycles. The number of aromatic nitrogens is 2. The number of amides is 1. The SMILES string of the molecule is Nc1sc(-c2c(F)cccc2F)nc1C(=O)Nc1cnc2c(c1N1CCC(CO)C(N)C1)CCC2. The molecule has 0 radical (unpaired) electrons. The molecule has 3 aromatic rings. The standard InChI is InChI=1S/C24H26F2N6O2S/c25-14-4-2-5-15(26)19(14)24-31-20(22(28)35-24)23(34)30-18-9-29-17-6-1-3-13(17)21(18)32-8-7-12(11-33)16(27)10-32/h2,4-5,9,12,16,33H,1,3,6-8,10-11,27-28H2,(H,30,34). The molecule has 2 aliphatic rings. The van der Waals surface area contributed by atoms with Gasteiger partial charge in [0.05, 0.1) is 23.1 Å². The number of hydrogen-bond acceptors (Lipinski definition) is 8. The van der Waals surface area contributed by atoms with Crippen LogP contribution in [0.2, 0.25) is 0 Å². The number of nitrogens with two attached hydrogens (primary N) is 2. The molecule has 1 fully saturated rings. The van der Waals surface area contributed by atoms with Crippen molar-refractivity contribution in [3.05, 3.63) is 53.0 Å². The first-order valence-corrected chi connectivity index (χ1v) is 12.3. The Kier molecular flexibility index (Phi) is 6.39. The topological polar surface area (TPSA) is 130 Å². The molecule has 1 aliphatic carbocycles. The number of carbonyl (C=O) groups excluding carboxylic acids is 1. The van der Waals surface area contributed by atoms with Gasteiger partial charge in [-0.3, -0.25) is 9.78 Å². The fourth-order valence-corrected chi connectivity index (χ4v) is 5.77. The van der Waals surface area contributed by atoms with Crippen LogP contribution in [-0.4, -0.2) is 46.7 Å². The number of aryl methyl sites for hydroxylation is 1. The van der Waals surface area contributed by atoms with Gasteiger partial charge in [0.25, 0.3) is 5.91 Å². The maximum atomic E-state index is 14.2. The number of anilines is 3. The molecule has 2 atom stereocenters. The van der Waals surface area contributed by atoms with Crippen LogP contribution in [0.25, 0.3) is 10.6 Å². The lowest BCUT2D eigenvalue weighted by atomic mass is 9.92. The predicted molar refractivity (Wildman–Crippen MR) is 131 cm³/mol. The molecule has 5 rings (SSSR count). The van der Waals surface area contributed by atoms with E-state index in [4.69, 9.17) is 11.5 Å². The Balaban J connectivity index is 1.46. The first kappa shape index (κ1) is 23.6. The van der Waals surface area contributed by atoms with E-state index in [-0.39, 0.29) is 39.8 Å². The third-order valence-electron chi connectivity index (χ3n) is 6.73. The van der Waals surface area contributed by atoms with E-state index in [1.54, 1.807) is 6.20 Å². The second-order valence-corrected chi connectivity index (χ2v) is 9.95. The molecule has 1 aromatic carbocycles. The molecule has 11 heteroatoms. The van der Waals surface area contributed by atoms with E-state index in [2.05, 4.69) is 20.2 Å². The van der Waals surface area contributed by atoms with Crippen molar-refractivity contribution in [2.24, 2.45) is 11.7 Å². The average molecular weight is 501 g/mol. The molecular weight excluding hydrogens is 474 g/mol. The van der Waals surface area contributed by atoms with Crippen molar-refractivity contribution in [1.29, 1.82) is 0 Å². The fourth-order valence-electron chi connectivity index (χ4n) is 4.89. The third-order valence-corrected chi connectivity index (χ3v) is 7.63. The van der Waals surface area contributed by atoms with E-state index >= 15 is 0 Å². The van der Waals surface area contributed by atoms with E-state index in [1.165, 1.54) is 6.07 Å². The number of hydrogen-bond donors (Lipinski definition) is 4. The largest absolute Gasteiger partial charge is 0.396 e. The summed E-state index contributed by atoms with van der Waals surface area (Å²) < 4.78 is 28.5. The van der Waals surface area contributed by atoms with Crippen LogP contribution in [0.5, 0.6) is 0 Å². The van der Waals surface area contributed by atoms with Crippen LogP contribution in [0.3, 0.4) is 0 Å². The summed E-state index contributed by atoms with van der Waals surface area (Å²) in [5, 5.41) is 12.5. The van der Waals surface area contributed by atoms with Crippen LogP contribution in [-0.2, 0) is 12.8 Å². The number of rotatable bonds is 5. The molecule has 1 saturated heterocycles. The van der Waals surface area contributed by atoms with Crippen molar-refractivity contribution in [3.8, 4) is 10.6 Å². The molecule has 35 heavy (non-hydrogen) atoms. The van der Waals surface area contributed by atoms with Gasteiger partial charge in [-0.1, -0.05) is 17.4 Å². The van der Waals surface area contributed by atoms with E-state index in [9.17, 15) is 18.7 Å². The number of pyridine rings is 1. The van der Waals surface area contributed by atoms with Gasteiger partial charge in [-0.2, -0.15) is 0 Å². The number of thiazole rings is 1. The van der Waals surface area contributed by atoms with E-state index in [0.717, 1.165) is 66.1 Å². The number of aliphatic hydroxyl groups is 1. The zero-order valence-corrected chi connectivity index (χ0v) is 19.7. The van der Waals surface area contributed by atoms with Crippen LogP contribution < -0.4 is 21.7 Å². The Bertz CT molecular complexity index is 1260. The summed E-state index contributed by atoms with van der Waals surface area (Å²) in [4.78, 5) is 24.1. The zero-order valence-electron chi connectivity index (χ0n) is 18.9. The van der Waals surface area contributed by atoms with Crippen molar-refractivity contribution in [3.63, 3.8) is 0 Å². The van der Waals surface area contributed by atoms with Crippen molar-refractivity contribution in [2.45, 2.75) is 31.7 Å². The summed E-state index contributed by atoms with van der Waals surface area (Å²) in [6.45, 7) is 1.27. The molecule has 2 aromatic heterocycles. The highest BCUT2D eigenvalue weighted by molar-refractivity contribution is 7.19. The first-order chi connectivity index (χ1) is 16.9. The molecule has 0 spiro atoms. The minimum atomic E-state index is -0.779. The highest BCUT2D eigenvalue weighted by Gasteiger charge is 2.31. The number of fused-ring (bicyclic) bond motifs is 1. The zero-order chi connectivity index (χ0) is 24.7. The van der Waals surface area contributed by atoms with Crippen LogP contribution in [0, 0.1) is 17.6 Å². The van der Waals surface area contributed by atoms with Gasteiger partial charge in [0.2, 0.25) is 0 Å². The number of nitrogen functional groups attached to an aromatic ring is 1. The molecule has 0 saturated carbocycles. The first-order valence-electron chi connectivity index (χ1n) is 11.5. The second-order valence-electron chi connectivity index (χ2n) is 8.92. The number of nitrogens with zero attached hydrogens (tertiary/aromatic N) is 3. The third kappa shape index (κ3) is 4.35. The maximum Gasteiger partial charge on any atom is 0.277 e. The van der Waals surface area contributed by atoms with E-state index in [1.807, 2.05) is 0 Å². The van der Waals surface area contributed by atoms with Gasteiger partial charge in [0.1, 0.15) is 21.6 Å². The smallest absolute Gasteiger partial charge is 0.277 e. The molecule has 2 unspecified atom stereocenters. The van der Waals surface area contributed by atoms with Gasteiger partial charge < -0.3 is 26.8 Å². The maximum absolute atomic E-state index is 14.2. The van der Waals surface area contributed by atoms with Gasteiger partial charge in [0, 0.05) is 37.4 Å². The van der Waals surface area contributed by atoms with Crippen molar-refractivity contribution in [2.75, 3.05) is 35.6 Å². The number of aliphatic hydroxyl groups excluding tert-OH is 1. The molecule has 3 heterocycles. The summed E-state index contributed by atoms with van der Waals surface area (Å²) in [6.07, 6.45) is 5.04. The normalized spacial score (nSPS) is 19.6. The lowest BCUT2D eigenvalue weighted by molar-refractivity contribution is 0.102. The van der Waals surface area contributed by atoms with Gasteiger partial charge in [0.15, 0.2) is 5.69 Å². The average Bonchev–Trinajstić information content (AvgIpc) is 3.45. The van der Waals surface area contributed by atoms with Crippen molar-refractivity contribution < 1.29 is 18.7 Å². The fraction of sp³-hybridized carbons (Fsp3) is 0.375. The van der Waals surface area contributed by atoms with Crippen molar-refractivity contribution in [1.82, 2.24) is 9.97 Å². The van der Waals surface area contributed by atoms with Crippen LogP contribution in [0.15, 0.2) is 24.4 Å². The van der Waals surface area contributed by atoms with Crippen LogP contribution >= 0.6 is 11.3 Å². The van der Waals surface area contributed by atoms with Crippen LogP contribution in [0.1, 0.15) is 34.6 Å². The van der Waals surface area contributed by atoms with Gasteiger partial charge in [-0.25, -0.2) is 13.8 Å². The van der Waals surface area contributed by atoms with Crippen molar-refractivity contribution >= 4 is 33.6 Å². The molecule has 0 bridgehead atoms. The Morgan fingerprint density at radius 3 is 2.77 bits per heavy atom. The molecular formula is C24H26F2N6O2S. The lowest BCUT2D eigenvalue weighted by Crippen LogP contribution is -2.50. The molecule has 6 N–H and O–H groups in total. The lowest BCUT2D eigenvalue weighted by Gasteiger charge is -2.39. The Hall–Kier alpha value is -3.15. The van der Waals surface area contributed by atoms with Gasteiger partial charge >= 0.3 is 0 Å². The van der Waals surface area contributed by atoms with Crippen LogP contribution in [0.4, 0.5) is 25.2 Å². The Morgan fingerprint density at radius 1 is 1.29 bits per heavy atom. The molecule has 184 valence electrons. The number of piperidine rings is 1.